The Hall–Kier alpha value is -1.04. The molecule has 0 saturated heterocycles. The van der Waals surface area contributed by atoms with E-state index in [1.54, 1.807) is 6.07 Å². The molecule has 1 aromatic heterocycles. The van der Waals surface area contributed by atoms with Gasteiger partial charge in [0.15, 0.2) is 5.01 Å². The van der Waals surface area contributed by atoms with Crippen LogP contribution in [-0.4, -0.2) is 16.7 Å². The molecule has 1 heterocycles. The molecule has 0 amide bonds. The number of hydrogen-bond donors (Lipinski definition) is 1. The molecule has 6 heteroatoms. The molecule has 1 atom stereocenters. The van der Waals surface area contributed by atoms with E-state index in [0.717, 1.165) is 18.0 Å². The molecule has 2 rings (SSSR count). The summed E-state index contributed by atoms with van der Waals surface area (Å²) in [6.07, 6.45) is 1.05. The first-order chi connectivity index (χ1) is 9.11. The number of halogens is 2. The topological polar surface area (TPSA) is 37.8 Å². The third-order valence-electron chi connectivity index (χ3n) is 2.67. The summed E-state index contributed by atoms with van der Waals surface area (Å²) in [5.74, 6) is -0.332. The van der Waals surface area contributed by atoms with Crippen LogP contribution in [0.4, 0.5) is 4.39 Å². The van der Waals surface area contributed by atoms with Gasteiger partial charge >= 0.3 is 0 Å². The fourth-order valence-electron chi connectivity index (χ4n) is 1.63. The fraction of sp³-hybridized carbons (Fsp3) is 0.385. The van der Waals surface area contributed by atoms with Gasteiger partial charge in [0.1, 0.15) is 10.8 Å². The van der Waals surface area contributed by atoms with Crippen molar-refractivity contribution in [2.75, 3.05) is 6.54 Å². The minimum absolute atomic E-state index is 0.119. The molecular weight excluding hydrogens is 285 g/mol. The number of aromatic nitrogens is 2. The highest BCUT2D eigenvalue weighted by Gasteiger charge is 2.15. The van der Waals surface area contributed by atoms with Crippen LogP contribution in [0.5, 0.6) is 0 Å². The lowest BCUT2D eigenvalue weighted by Crippen LogP contribution is -2.18. The standard InChI is InChI=1S/C13H15ClFN3S/c1-3-6-16-8(2)12-17-18-13(19-12)10-7-9(14)4-5-11(10)15/h4-5,7-8,16H,3,6H2,1-2H3. The molecule has 102 valence electrons. The Kier molecular flexibility index (Phi) is 4.85. The maximum absolute atomic E-state index is 13.7. The van der Waals surface area contributed by atoms with Crippen LogP contribution in [0.3, 0.4) is 0 Å². The van der Waals surface area contributed by atoms with E-state index < -0.39 is 0 Å². The quantitative estimate of drug-likeness (QED) is 0.905. The first-order valence-corrected chi connectivity index (χ1v) is 7.33. The molecule has 0 fully saturated rings. The summed E-state index contributed by atoms with van der Waals surface area (Å²) in [7, 11) is 0. The minimum atomic E-state index is -0.332. The molecule has 2 aromatic rings. The molecule has 3 nitrogen and oxygen atoms in total. The summed E-state index contributed by atoms with van der Waals surface area (Å²) < 4.78 is 13.7. The van der Waals surface area contributed by atoms with E-state index in [2.05, 4.69) is 22.4 Å². The van der Waals surface area contributed by atoms with Gasteiger partial charge in [-0.3, -0.25) is 0 Å². The molecular formula is C13H15ClFN3S. The Morgan fingerprint density at radius 1 is 1.42 bits per heavy atom. The molecule has 0 aliphatic carbocycles. The van der Waals surface area contributed by atoms with Gasteiger partial charge in [-0.15, -0.1) is 10.2 Å². The first kappa shape index (κ1) is 14.4. The van der Waals surface area contributed by atoms with Crippen LogP contribution in [0.25, 0.3) is 10.6 Å². The van der Waals surface area contributed by atoms with Crippen LogP contribution in [0, 0.1) is 5.82 Å². The number of nitrogens with one attached hydrogen (secondary N) is 1. The average Bonchev–Trinajstić information content (AvgIpc) is 2.88. The van der Waals surface area contributed by atoms with Crippen molar-refractivity contribution in [1.29, 1.82) is 0 Å². The molecule has 0 bridgehead atoms. The van der Waals surface area contributed by atoms with Crippen LogP contribution in [0.15, 0.2) is 18.2 Å². The van der Waals surface area contributed by atoms with Gasteiger partial charge < -0.3 is 5.32 Å². The van der Waals surface area contributed by atoms with Crippen LogP contribution in [0.1, 0.15) is 31.3 Å². The summed E-state index contributed by atoms with van der Waals surface area (Å²) in [6.45, 7) is 5.04. The SMILES string of the molecule is CCCNC(C)c1nnc(-c2cc(Cl)ccc2F)s1. The molecule has 0 aliphatic rings. The zero-order chi connectivity index (χ0) is 13.8. The second kappa shape index (κ2) is 6.41. The molecule has 0 radical (unpaired) electrons. The Labute approximate surface area is 120 Å². The highest BCUT2D eigenvalue weighted by Crippen LogP contribution is 2.30. The molecule has 0 saturated carbocycles. The number of nitrogens with zero attached hydrogens (tertiary/aromatic N) is 2. The van der Waals surface area contributed by atoms with Crippen molar-refractivity contribution >= 4 is 22.9 Å². The van der Waals surface area contributed by atoms with Gasteiger partial charge in [0.05, 0.1) is 6.04 Å². The van der Waals surface area contributed by atoms with Crippen molar-refractivity contribution < 1.29 is 4.39 Å². The summed E-state index contributed by atoms with van der Waals surface area (Å²) in [5.41, 5.74) is 0.402. The van der Waals surface area contributed by atoms with Crippen molar-refractivity contribution in [3.63, 3.8) is 0 Å². The van der Waals surface area contributed by atoms with Gasteiger partial charge in [-0.05, 0) is 38.1 Å². The van der Waals surface area contributed by atoms with E-state index in [1.165, 1.54) is 23.5 Å². The molecule has 1 aromatic carbocycles. The fourth-order valence-corrected chi connectivity index (χ4v) is 2.69. The summed E-state index contributed by atoms with van der Waals surface area (Å²) in [5, 5.41) is 13.4. The third kappa shape index (κ3) is 3.49. The smallest absolute Gasteiger partial charge is 0.150 e. The van der Waals surface area contributed by atoms with E-state index in [-0.39, 0.29) is 11.9 Å². The lowest BCUT2D eigenvalue weighted by atomic mass is 10.2. The molecule has 1 unspecified atom stereocenters. The zero-order valence-corrected chi connectivity index (χ0v) is 12.4. The summed E-state index contributed by atoms with van der Waals surface area (Å²) in [4.78, 5) is 0. The number of benzene rings is 1. The highest BCUT2D eigenvalue weighted by molar-refractivity contribution is 7.14. The van der Waals surface area contributed by atoms with Crippen molar-refractivity contribution in [1.82, 2.24) is 15.5 Å². The minimum Gasteiger partial charge on any atom is -0.308 e. The van der Waals surface area contributed by atoms with Crippen LogP contribution in [0.2, 0.25) is 5.02 Å². The predicted octanol–water partition coefficient (Wildman–Crippen LogP) is 4.06. The predicted molar refractivity (Wildman–Crippen MR) is 77.0 cm³/mol. The Balaban J connectivity index is 2.23. The lowest BCUT2D eigenvalue weighted by Gasteiger charge is -2.08. The van der Waals surface area contributed by atoms with Crippen molar-refractivity contribution in [2.24, 2.45) is 0 Å². The van der Waals surface area contributed by atoms with Crippen molar-refractivity contribution in [2.45, 2.75) is 26.3 Å². The molecule has 0 spiro atoms. The largest absolute Gasteiger partial charge is 0.308 e. The summed E-state index contributed by atoms with van der Waals surface area (Å²) in [6, 6.07) is 4.56. The lowest BCUT2D eigenvalue weighted by molar-refractivity contribution is 0.564. The van der Waals surface area contributed by atoms with E-state index in [9.17, 15) is 4.39 Å². The second-order valence-electron chi connectivity index (χ2n) is 4.25. The molecule has 0 aliphatic heterocycles. The van der Waals surface area contributed by atoms with Gasteiger partial charge in [-0.1, -0.05) is 29.9 Å². The molecule has 1 N–H and O–H groups in total. The summed E-state index contributed by atoms with van der Waals surface area (Å²) >= 11 is 7.27. The van der Waals surface area contributed by atoms with E-state index in [1.807, 2.05) is 6.92 Å². The van der Waals surface area contributed by atoms with Gasteiger partial charge in [0.2, 0.25) is 0 Å². The Bertz CT molecular complexity index is 559. The van der Waals surface area contributed by atoms with Crippen molar-refractivity contribution in [3.8, 4) is 10.6 Å². The number of hydrogen-bond acceptors (Lipinski definition) is 4. The Morgan fingerprint density at radius 2 is 2.21 bits per heavy atom. The van der Waals surface area contributed by atoms with E-state index in [4.69, 9.17) is 11.6 Å². The zero-order valence-electron chi connectivity index (χ0n) is 10.8. The van der Waals surface area contributed by atoms with E-state index in [0.29, 0.717) is 15.6 Å². The van der Waals surface area contributed by atoms with Gasteiger partial charge in [-0.25, -0.2) is 4.39 Å². The maximum Gasteiger partial charge on any atom is 0.150 e. The van der Waals surface area contributed by atoms with E-state index >= 15 is 0 Å². The first-order valence-electron chi connectivity index (χ1n) is 6.14. The number of rotatable bonds is 5. The molecule has 19 heavy (non-hydrogen) atoms. The van der Waals surface area contributed by atoms with Crippen LogP contribution < -0.4 is 5.32 Å². The van der Waals surface area contributed by atoms with Crippen LogP contribution >= 0.6 is 22.9 Å². The normalized spacial score (nSPS) is 12.6. The van der Waals surface area contributed by atoms with Gasteiger partial charge in [0, 0.05) is 10.6 Å². The van der Waals surface area contributed by atoms with Crippen LogP contribution in [-0.2, 0) is 0 Å². The monoisotopic (exact) mass is 299 g/mol. The third-order valence-corrected chi connectivity index (χ3v) is 4.04. The van der Waals surface area contributed by atoms with Gasteiger partial charge in [0.25, 0.3) is 0 Å². The average molecular weight is 300 g/mol. The second-order valence-corrected chi connectivity index (χ2v) is 5.69. The highest BCUT2D eigenvalue weighted by atomic mass is 35.5. The van der Waals surface area contributed by atoms with Gasteiger partial charge in [-0.2, -0.15) is 0 Å². The Morgan fingerprint density at radius 3 is 2.95 bits per heavy atom. The maximum atomic E-state index is 13.7. The van der Waals surface area contributed by atoms with Crippen molar-refractivity contribution in [3.05, 3.63) is 34.0 Å².